The lowest BCUT2D eigenvalue weighted by atomic mass is 9.89. The number of benzene rings is 1. The van der Waals surface area contributed by atoms with Gasteiger partial charge in [0, 0.05) is 18.7 Å². The molecule has 1 aliphatic rings. The molecule has 1 aliphatic heterocycles. The zero-order chi connectivity index (χ0) is 17.5. The van der Waals surface area contributed by atoms with Crippen molar-refractivity contribution in [3.8, 4) is 5.75 Å². The minimum Gasteiger partial charge on any atom is -0.482 e. The van der Waals surface area contributed by atoms with Crippen molar-refractivity contribution < 1.29 is 19.4 Å². The van der Waals surface area contributed by atoms with Crippen LogP contribution in [0.2, 0.25) is 0 Å². The highest BCUT2D eigenvalue weighted by atomic mass is 16.5. The van der Waals surface area contributed by atoms with Gasteiger partial charge in [0.15, 0.2) is 6.61 Å². The van der Waals surface area contributed by atoms with Crippen LogP contribution < -0.4 is 4.74 Å². The molecule has 1 N–H and O–H groups in total. The largest absolute Gasteiger partial charge is 0.482 e. The summed E-state index contributed by atoms with van der Waals surface area (Å²) in [6.07, 6.45) is 4.63. The number of ether oxygens (including phenoxy) is 1. The van der Waals surface area contributed by atoms with Crippen LogP contribution in [0, 0.1) is 11.8 Å². The minimum atomic E-state index is -1.03. The van der Waals surface area contributed by atoms with Gasteiger partial charge >= 0.3 is 5.97 Å². The molecule has 2 rings (SSSR count). The van der Waals surface area contributed by atoms with Gasteiger partial charge in [-0.1, -0.05) is 32.8 Å². The Morgan fingerprint density at radius 3 is 2.62 bits per heavy atom. The maximum absolute atomic E-state index is 12.6. The van der Waals surface area contributed by atoms with Crippen molar-refractivity contribution in [2.75, 3.05) is 19.7 Å². The fourth-order valence-corrected chi connectivity index (χ4v) is 3.04. The van der Waals surface area contributed by atoms with E-state index in [-0.39, 0.29) is 5.91 Å². The molecule has 5 nitrogen and oxygen atoms in total. The maximum Gasteiger partial charge on any atom is 0.341 e. The van der Waals surface area contributed by atoms with Gasteiger partial charge < -0.3 is 14.7 Å². The summed E-state index contributed by atoms with van der Waals surface area (Å²) in [7, 11) is 0. The molecule has 0 bridgehead atoms. The zero-order valence-corrected chi connectivity index (χ0v) is 14.5. The second kappa shape index (κ2) is 8.71. The molecular weight excluding hydrogens is 306 g/mol. The van der Waals surface area contributed by atoms with Crippen molar-refractivity contribution in [1.29, 1.82) is 0 Å². The highest BCUT2D eigenvalue weighted by Gasteiger charge is 2.23. The predicted molar refractivity (Wildman–Crippen MR) is 92.3 cm³/mol. The molecule has 0 spiro atoms. The van der Waals surface area contributed by atoms with Crippen LogP contribution in [-0.2, 0) is 4.79 Å². The van der Waals surface area contributed by atoms with Crippen LogP contribution in [0.25, 0.3) is 0 Å². The van der Waals surface area contributed by atoms with E-state index in [1.807, 2.05) is 4.90 Å². The van der Waals surface area contributed by atoms with Crippen LogP contribution >= 0.6 is 0 Å². The number of likely N-dealkylation sites (tertiary alicyclic amines) is 1. The Labute approximate surface area is 143 Å². The summed E-state index contributed by atoms with van der Waals surface area (Å²) >= 11 is 0. The average molecular weight is 333 g/mol. The molecule has 1 heterocycles. The van der Waals surface area contributed by atoms with E-state index in [4.69, 9.17) is 9.84 Å². The van der Waals surface area contributed by atoms with Gasteiger partial charge in [-0.25, -0.2) is 4.79 Å². The third-order valence-electron chi connectivity index (χ3n) is 4.50. The molecule has 1 aromatic rings. The standard InChI is InChI=1S/C19H27NO4/c1-14(2)6-7-15-8-10-20(11-9-15)19(23)16-4-3-5-17(12-16)24-13-18(21)22/h3-5,12,14-15H,6-11,13H2,1-2H3,(H,21,22). The lowest BCUT2D eigenvalue weighted by Gasteiger charge is -2.32. The van der Waals surface area contributed by atoms with E-state index in [0.717, 1.165) is 37.8 Å². The highest BCUT2D eigenvalue weighted by molar-refractivity contribution is 5.94. The second-order valence-corrected chi connectivity index (χ2v) is 6.92. The molecular formula is C19H27NO4. The van der Waals surface area contributed by atoms with Gasteiger partial charge in [0.25, 0.3) is 5.91 Å². The number of rotatable bonds is 7. The molecule has 0 atom stereocenters. The van der Waals surface area contributed by atoms with Crippen molar-refractivity contribution in [1.82, 2.24) is 4.90 Å². The van der Waals surface area contributed by atoms with Crippen LogP contribution in [-0.4, -0.2) is 41.6 Å². The second-order valence-electron chi connectivity index (χ2n) is 6.92. The number of carboxylic acids is 1. The molecule has 1 aromatic carbocycles. The zero-order valence-electron chi connectivity index (χ0n) is 14.5. The quantitative estimate of drug-likeness (QED) is 0.830. The summed E-state index contributed by atoms with van der Waals surface area (Å²) in [5, 5.41) is 8.66. The molecule has 1 saturated heterocycles. The fourth-order valence-electron chi connectivity index (χ4n) is 3.04. The van der Waals surface area contributed by atoms with E-state index in [0.29, 0.717) is 11.3 Å². The van der Waals surface area contributed by atoms with E-state index in [1.165, 1.54) is 12.8 Å². The first-order chi connectivity index (χ1) is 11.5. The van der Waals surface area contributed by atoms with Crippen LogP contribution in [0.4, 0.5) is 0 Å². The number of carboxylic acid groups (broad SMARTS) is 1. The Kier molecular flexibility index (Phi) is 6.64. The topological polar surface area (TPSA) is 66.8 Å². The summed E-state index contributed by atoms with van der Waals surface area (Å²) in [4.78, 5) is 25.1. The summed E-state index contributed by atoms with van der Waals surface area (Å²) in [5.41, 5.74) is 0.554. The monoisotopic (exact) mass is 333 g/mol. The number of nitrogens with zero attached hydrogens (tertiary/aromatic N) is 1. The number of carbonyl (C=O) groups excluding carboxylic acids is 1. The fraction of sp³-hybridized carbons (Fsp3) is 0.579. The summed E-state index contributed by atoms with van der Waals surface area (Å²) in [6, 6.07) is 6.76. The number of piperidine rings is 1. The van der Waals surface area contributed by atoms with Crippen LogP contribution in [0.1, 0.15) is 49.9 Å². The van der Waals surface area contributed by atoms with E-state index in [2.05, 4.69) is 13.8 Å². The van der Waals surface area contributed by atoms with E-state index in [9.17, 15) is 9.59 Å². The van der Waals surface area contributed by atoms with E-state index >= 15 is 0 Å². The molecule has 132 valence electrons. The number of carbonyl (C=O) groups is 2. The predicted octanol–water partition coefficient (Wildman–Crippen LogP) is 3.44. The van der Waals surface area contributed by atoms with Crippen LogP contribution in [0.15, 0.2) is 24.3 Å². The minimum absolute atomic E-state index is 0.00177. The summed E-state index contributed by atoms with van der Waals surface area (Å²) in [5.74, 6) is 0.836. The molecule has 0 unspecified atom stereocenters. The van der Waals surface area contributed by atoms with Gasteiger partial charge in [-0.2, -0.15) is 0 Å². The summed E-state index contributed by atoms with van der Waals surface area (Å²) < 4.78 is 5.15. The van der Waals surface area contributed by atoms with Crippen molar-refractivity contribution in [3.05, 3.63) is 29.8 Å². The van der Waals surface area contributed by atoms with E-state index < -0.39 is 12.6 Å². The van der Waals surface area contributed by atoms with Gasteiger partial charge in [0.1, 0.15) is 5.75 Å². The first-order valence-electron chi connectivity index (χ1n) is 8.69. The lowest BCUT2D eigenvalue weighted by molar-refractivity contribution is -0.139. The van der Waals surface area contributed by atoms with Crippen molar-refractivity contribution in [3.63, 3.8) is 0 Å². The number of aliphatic carboxylic acids is 1. The molecule has 0 aliphatic carbocycles. The molecule has 5 heteroatoms. The molecule has 1 fully saturated rings. The lowest BCUT2D eigenvalue weighted by Crippen LogP contribution is -2.38. The van der Waals surface area contributed by atoms with Gasteiger partial charge in [-0.05, 0) is 42.9 Å². The van der Waals surface area contributed by atoms with Gasteiger partial charge in [-0.3, -0.25) is 4.79 Å². The van der Waals surface area contributed by atoms with Crippen LogP contribution in [0.3, 0.4) is 0 Å². The first kappa shape index (κ1) is 18.3. The Morgan fingerprint density at radius 1 is 1.29 bits per heavy atom. The Morgan fingerprint density at radius 2 is 2.00 bits per heavy atom. The van der Waals surface area contributed by atoms with Crippen molar-refractivity contribution in [2.45, 2.75) is 39.5 Å². The third-order valence-corrected chi connectivity index (χ3v) is 4.50. The number of hydrogen-bond acceptors (Lipinski definition) is 3. The smallest absolute Gasteiger partial charge is 0.341 e. The molecule has 1 amide bonds. The van der Waals surface area contributed by atoms with Gasteiger partial charge in [0.2, 0.25) is 0 Å². The van der Waals surface area contributed by atoms with Gasteiger partial charge in [0.05, 0.1) is 0 Å². The molecule has 0 radical (unpaired) electrons. The van der Waals surface area contributed by atoms with Crippen molar-refractivity contribution in [2.24, 2.45) is 11.8 Å². The molecule has 0 saturated carbocycles. The Bertz CT molecular complexity index is 562. The maximum atomic E-state index is 12.6. The highest BCUT2D eigenvalue weighted by Crippen LogP contribution is 2.25. The number of hydrogen-bond donors (Lipinski definition) is 1. The number of amides is 1. The van der Waals surface area contributed by atoms with Crippen LogP contribution in [0.5, 0.6) is 5.75 Å². The third kappa shape index (κ3) is 5.55. The Hall–Kier alpha value is -2.04. The van der Waals surface area contributed by atoms with Crippen molar-refractivity contribution >= 4 is 11.9 Å². The van der Waals surface area contributed by atoms with E-state index in [1.54, 1.807) is 24.3 Å². The SMILES string of the molecule is CC(C)CCC1CCN(C(=O)c2cccc(OCC(=O)O)c2)CC1. The first-order valence-corrected chi connectivity index (χ1v) is 8.69. The normalized spacial score (nSPS) is 15.5. The average Bonchev–Trinajstić information content (AvgIpc) is 2.58. The van der Waals surface area contributed by atoms with Gasteiger partial charge in [-0.15, -0.1) is 0 Å². The Balaban J connectivity index is 1.88. The molecule has 24 heavy (non-hydrogen) atoms. The summed E-state index contributed by atoms with van der Waals surface area (Å²) in [6.45, 7) is 5.68. The molecule has 0 aromatic heterocycles.